The second-order valence-corrected chi connectivity index (χ2v) is 1.98. The fraction of sp³-hybridized carbons (Fsp3) is 0.143. The third-order valence-corrected chi connectivity index (χ3v) is 1.28. The van der Waals surface area contributed by atoms with Crippen molar-refractivity contribution >= 4 is 36.2 Å². The molecule has 0 unspecified atom stereocenters. The second kappa shape index (κ2) is 5.91. The van der Waals surface area contributed by atoms with Crippen LogP contribution in [0.3, 0.4) is 0 Å². The lowest BCUT2D eigenvalue weighted by Gasteiger charge is -2.02. The summed E-state index contributed by atoms with van der Waals surface area (Å²) in [5.74, 6) is -0.309. The Bertz CT molecular complexity index is 243. The van der Waals surface area contributed by atoms with Crippen molar-refractivity contribution in [1.82, 2.24) is 0 Å². The minimum atomic E-state index is -0.309. The first-order chi connectivity index (χ1) is 4.74. The lowest BCUT2D eigenvalue weighted by molar-refractivity contribution is 0.628. The molecule has 0 radical (unpaired) electrons. The van der Waals surface area contributed by atoms with Crippen LogP contribution in [0, 0.1) is 5.82 Å². The van der Waals surface area contributed by atoms with Crippen molar-refractivity contribution in [3.05, 3.63) is 24.0 Å². The molecule has 0 saturated heterocycles. The summed E-state index contributed by atoms with van der Waals surface area (Å²) in [4.78, 5) is 0. The van der Waals surface area contributed by atoms with Crippen LogP contribution in [-0.2, 0) is 0 Å². The van der Waals surface area contributed by atoms with Gasteiger partial charge in [0, 0.05) is 7.05 Å². The second-order valence-electron chi connectivity index (χ2n) is 1.98. The van der Waals surface area contributed by atoms with Gasteiger partial charge < -0.3 is 11.1 Å². The normalized spacial score (nSPS) is 7.83. The Morgan fingerprint density at radius 1 is 1.33 bits per heavy atom. The third kappa shape index (κ3) is 3.15. The molecule has 0 fully saturated rings. The van der Waals surface area contributed by atoms with E-state index in [0.29, 0.717) is 5.69 Å². The van der Waals surface area contributed by atoms with Gasteiger partial charge in [-0.1, -0.05) is 0 Å². The van der Waals surface area contributed by atoms with Gasteiger partial charge in [-0.3, -0.25) is 0 Å². The molecule has 3 N–H and O–H groups in total. The predicted molar refractivity (Wildman–Crippen MR) is 54.9 cm³/mol. The zero-order valence-electron chi connectivity index (χ0n) is 6.50. The minimum absolute atomic E-state index is 0. The molecule has 1 rings (SSSR count). The first-order valence-corrected chi connectivity index (χ1v) is 2.97. The van der Waals surface area contributed by atoms with E-state index in [0.717, 1.165) is 5.69 Å². The van der Waals surface area contributed by atoms with Crippen LogP contribution in [0.2, 0.25) is 0 Å². The van der Waals surface area contributed by atoms with E-state index in [4.69, 9.17) is 5.73 Å². The van der Waals surface area contributed by atoms with Gasteiger partial charge in [-0.2, -0.15) is 0 Å². The molecule has 1 aromatic carbocycles. The van der Waals surface area contributed by atoms with Gasteiger partial charge in [-0.15, -0.1) is 24.8 Å². The Balaban J connectivity index is 0. The molecule has 1 aromatic rings. The van der Waals surface area contributed by atoms with Crippen LogP contribution in [0.5, 0.6) is 0 Å². The molecule has 0 amide bonds. The Morgan fingerprint density at radius 3 is 2.33 bits per heavy atom. The number of nitrogen functional groups attached to an aromatic ring is 1. The van der Waals surface area contributed by atoms with Gasteiger partial charge in [-0.05, 0) is 18.2 Å². The van der Waals surface area contributed by atoms with Crippen molar-refractivity contribution < 1.29 is 4.39 Å². The quantitative estimate of drug-likeness (QED) is 0.702. The molecule has 5 heteroatoms. The van der Waals surface area contributed by atoms with Crippen molar-refractivity contribution in [2.75, 3.05) is 18.1 Å². The Labute approximate surface area is 83.2 Å². The van der Waals surface area contributed by atoms with Gasteiger partial charge >= 0.3 is 0 Å². The highest BCUT2D eigenvalue weighted by atomic mass is 35.5. The predicted octanol–water partition coefficient (Wildman–Crippen LogP) is 2.29. The molecule has 0 atom stereocenters. The molecule has 0 saturated carbocycles. The fourth-order valence-electron chi connectivity index (χ4n) is 0.761. The van der Waals surface area contributed by atoms with Crippen molar-refractivity contribution in [3.63, 3.8) is 0 Å². The summed E-state index contributed by atoms with van der Waals surface area (Å²) < 4.78 is 12.4. The molecule has 12 heavy (non-hydrogen) atoms. The number of hydrogen-bond acceptors (Lipinski definition) is 2. The molecule has 0 heterocycles. The monoisotopic (exact) mass is 212 g/mol. The summed E-state index contributed by atoms with van der Waals surface area (Å²) in [6, 6.07) is 4.25. The van der Waals surface area contributed by atoms with Gasteiger partial charge in [0.25, 0.3) is 0 Å². The first kappa shape index (κ1) is 13.9. The van der Waals surface area contributed by atoms with E-state index >= 15 is 0 Å². The number of halogens is 3. The van der Waals surface area contributed by atoms with E-state index in [1.54, 1.807) is 13.1 Å². The minimum Gasteiger partial charge on any atom is -0.397 e. The topological polar surface area (TPSA) is 38.0 Å². The van der Waals surface area contributed by atoms with Crippen molar-refractivity contribution in [3.8, 4) is 0 Å². The molecule has 2 nitrogen and oxygen atoms in total. The summed E-state index contributed by atoms with van der Waals surface area (Å²) in [6.07, 6.45) is 0. The van der Waals surface area contributed by atoms with E-state index in [-0.39, 0.29) is 30.6 Å². The Kier molecular flexibility index (Phi) is 6.85. The average Bonchev–Trinajstić information content (AvgIpc) is 1.88. The summed E-state index contributed by atoms with van der Waals surface area (Å²) in [5.41, 5.74) is 6.61. The Morgan fingerprint density at radius 2 is 1.92 bits per heavy atom. The van der Waals surface area contributed by atoms with Crippen LogP contribution in [0.1, 0.15) is 0 Å². The van der Waals surface area contributed by atoms with Crippen LogP contribution in [0.4, 0.5) is 15.8 Å². The summed E-state index contributed by atoms with van der Waals surface area (Å²) in [7, 11) is 1.74. The fourth-order valence-corrected chi connectivity index (χ4v) is 0.761. The molecular weight excluding hydrogens is 202 g/mol. The van der Waals surface area contributed by atoms with E-state index in [1.165, 1.54) is 12.1 Å². The van der Waals surface area contributed by atoms with Gasteiger partial charge in [0.15, 0.2) is 0 Å². The molecular formula is C7H11Cl2FN2. The number of nitrogens with one attached hydrogen (secondary N) is 1. The van der Waals surface area contributed by atoms with Crippen LogP contribution in [0.15, 0.2) is 18.2 Å². The molecule has 0 aliphatic rings. The maximum atomic E-state index is 12.4. The van der Waals surface area contributed by atoms with E-state index in [1.807, 2.05) is 0 Å². The summed E-state index contributed by atoms with van der Waals surface area (Å²) in [5, 5.41) is 2.83. The number of hydrogen-bond donors (Lipinski definition) is 2. The van der Waals surface area contributed by atoms with Crippen molar-refractivity contribution in [2.45, 2.75) is 0 Å². The van der Waals surface area contributed by atoms with E-state index in [9.17, 15) is 4.39 Å². The van der Waals surface area contributed by atoms with Crippen LogP contribution >= 0.6 is 24.8 Å². The summed E-state index contributed by atoms with van der Waals surface area (Å²) in [6.45, 7) is 0. The molecule has 0 spiro atoms. The number of rotatable bonds is 1. The average molecular weight is 213 g/mol. The molecule has 0 aliphatic carbocycles. The highest BCUT2D eigenvalue weighted by molar-refractivity contribution is 5.85. The number of nitrogens with two attached hydrogens (primary N) is 1. The first-order valence-electron chi connectivity index (χ1n) is 2.97. The standard InChI is InChI=1S/C7H9FN2.2ClH/c1-10-7-3-2-5(8)4-6(7)9;;/h2-4,10H,9H2,1H3;2*1H. The zero-order valence-corrected chi connectivity index (χ0v) is 8.14. The maximum Gasteiger partial charge on any atom is 0.125 e. The lowest BCUT2D eigenvalue weighted by atomic mass is 10.2. The van der Waals surface area contributed by atoms with Crippen LogP contribution in [0.25, 0.3) is 0 Å². The van der Waals surface area contributed by atoms with Gasteiger partial charge in [0.2, 0.25) is 0 Å². The van der Waals surface area contributed by atoms with Crippen molar-refractivity contribution in [2.24, 2.45) is 0 Å². The maximum absolute atomic E-state index is 12.4. The zero-order chi connectivity index (χ0) is 7.56. The molecule has 0 bridgehead atoms. The smallest absolute Gasteiger partial charge is 0.125 e. The Hall–Kier alpha value is -0.670. The summed E-state index contributed by atoms with van der Waals surface area (Å²) >= 11 is 0. The van der Waals surface area contributed by atoms with Crippen LogP contribution < -0.4 is 11.1 Å². The van der Waals surface area contributed by atoms with E-state index in [2.05, 4.69) is 5.32 Å². The number of benzene rings is 1. The third-order valence-electron chi connectivity index (χ3n) is 1.28. The lowest BCUT2D eigenvalue weighted by Crippen LogP contribution is -1.95. The number of anilines is 2. The highest BCUT2D eigenvalue weighted by Crippen LogP contribution is 2.17. The largest absolute Gasteiger partial charge is 0.397 e. The van der Waals surface area contributed by atoms with Gasteiger partial charge in [0.05, 0.1) is 11.4 Å². The van der Waals surface area contributed by atoms with E-state index < -0.39 is 0 Å². The highest BCUT2D eigenvalue weighted by Gasteiger charge is 1.95. The SMILES string of the molecule is CNc1ccc(F)cc1N.Cl.Cl. The van der Waals surface area contributed by atoms with Gasteiger partial charge in [0.1, 0.15) is 5.82 Å². The van der Waals surface area contributed by atoms with Crippen LogP contribution in [-0.4, -0.2) is 7.05 Å². The van der Waals surface area contributed by atoms with Gasteiger partial charge in [-0.25, -0.2) is 4.39 Å². The van der Waals surface area contributed by atoms with Crippen molar-refractivity contribution in [1.29, 1.82) is 0 Å². The molecule has 0 aliphatic heterocycles. The molecule has 70 valence electrons. The molecule has 0 aromatic heterocycles.